The molecule has 0 aliphatic carbocycles. The minimum absolute atomic E-state index is 0.203. The molecule has 6 rings (SSSR count). The number of nitrogens with one attached hydrogen (secondary N) is 1. The number of hydrogen-bond acceptors (Lipinski definition) is 6. The number of aromatic nitrogens is 2. The average molecular weight is 644 g/mol. The predicted molar refractivity (Wildman–Crippen MR) is 185 cm³/mol. The molecule has 1 atom stereocenters. The van der Waals surface area contributed by atoms with Crippen molar-refractivity contribution >= 4 is 57.3 Å². The van der Waals surface area contributed by atoms with Gasteiger partial charge in [-0.1, -0.05) is 54.6 Å². The van der Waals surface area contributed by atoms with Crippen LogP contribution in [-0.4, -0.2) is 52.1 Å². The Kier molecular flexibility index (Phi) is 8.58. The van der Waals surface area contributed by atoms with Crippen molar-refractivity contribution < 1.29 is 23.9 Å². The Morgan fingerprint density at radius 3 is 2.12 bits per heavy atom. The molecule has 0 radical (unpaired) electrons. The van der Waals surface area contributed by atoms with Crippen LogP contribution in [0.15, 0.2) is 103 Å². The first-order valence-corrected chi connectivity index (χ1v) is 15.8. The van der Waals surface area contributed by atoms with Crippen molar-refractivity contribution in [3.63, 3.8) is 0 Å². The van der Waals surface area contributed by atoms with E-state index in [1.807, 2.05) is 62.4 Å². The van der Waals surface area contributed by atoms with Crippen molar-refractivity contribution in [2.45, 2.75) is 52.2 Å². The van der Waals surface area contributed by atoms with Gasteiger partial charge in [0.25, 0.3) is 0 Å². The first kappa shape index (κ1) is 32.2. The number of esters is 1. The highest BCUT2D eigenvalue weighted by molar-refractivity contribution is 6.25. The Bertz CT molecular complexity index is 2000. The number of rotatable bonds is 7. The van der Waals surface area contributed by atoms with Crippen LogP contribution in [0.2, 0.25) is 0 Å². The summed E-state index contributed by atoms with van der Waals surface area (Å²) in [6.45, 7) is 8.86. The van der Waals surface area contributed by atoms with Crippen LogP contribution >= 0.6 is 0 Å². The van der Waals surface area contributed by atoms with Crippen LogP contribution in [-0.2, 0) is 19.1 Å². The van der Waals surface area contributed by atoms with Crippen LogP contribution in [0.1, 0.15) is 56.6 Å². The number of nitrogens with zero attached hydrogens (tertiary/aromatic N) is 4. The normalized spacial score (nSPS) is 15.0. The molecule has 0 saturated carbocycles. The second-order valence-electron chi connectivity index (χ2n) is 12.9. The number of para-hydroxylation sites is 4. The zero-order valence-electron chi connectivity index (χ0n) is 27.5. The number of ether oxygens (including phenoxy) is 1. The van der Waals surface area contributed by atoms with Crippen molar-refractivity contribution in [3.8, 4) is 0 Å². The summed E-state index contributed by atoms with van der Waals surface area (Å²) >= 11 is 0. The number of hydrogen-bond donors (Lipinski definition) is 1. The van der Waals surface area contributed by atoms with Crippen LogP contribution in [0.4, 0.5) is 22.7 Å². The van der Waals surface area contributed by atoms with E-state index in [1.165, 1.54) is 9.80 Å². The van der Waals surface area contributed by atoms with Gasteiger partial charge in [-0.3, -0.25) is 29.3 Å². The third-order valence-electron chi connectivity index (χ3n) is 8.03. The van der Waals surface area contributed by atoms with Crippen LogP contribution in [0.3, 0.4) is 0 Å². The summed E-state index contributed by atoms with van der Waals surface area (Å²) in [5, 5.41) is 7.83. The molecule has 1 aromatic heterocycles. The number of benzene rings is 4. The predicted octanol–water partition coefficient (Wildman–Crippen LogP) is 6.75. The summed E-state index contributed by atoms with van der Waals surface area (Å²) in [7, 11) is 0. The van der Waals surface area contributed by atoms with Crippen LogP contribution in [0.25, 0.3) is 10.9 Å². The standard InChI is InChI=1S/C38H37N5O5/c1-24(2)42(26-14-8-6-9-15-26)32(44)23-41-30-18-12-13-19-31(30)43(27-16-10-7-11-17-27)36(46)33(35(41)45)34-28-21-20-25(22-29(28)39-40-34)37(47)48-38(3,4)5/h6-22,24,33H,23H2,1-5H3,(H,39,40). The van der Waals surface area contributed by atoms with Crippen molar-refractivity contribution in [2.75, 3.05) is 21.2 Å². The van der Waals surface area contributed by atoms with Gasteiger partial charge in [0.15, 0.2) is 5.92 Å². The Labute approximate surface area is 278 Å². The van der Waals surface area contributed by atoms with Gasteiger partial charge in [-0.25, -0.2) is 4.79 Å². The molecule has 1 aliphatic rings. The van der Waals surface area contributed by atoms with Crippen LogP contribution in [0.5, 0.6) is 0 Å². The van der Waals surface area contributed by atoms with E-state index in [0.717, 1.165) is 0 Å². The summed E-state index contributed by atoms with van der Waals surface area (Å²) < 4.78 is 5.53. The van der Waals surface area contributed by atoms with Crippen molar-refractivity contribution in [1.82, 2.24) is 10.2 Å². The zero-order chi connectivity index (χ0) is 34.2. The van der Waals surface area contributed by atoms with Gasteiger partial charge in [-0.2, -0.15) is 5.10 Å². The molecule has 1 unspecified atom stereocenters. The summed E-state index contributed by atoms with van der Waals surface area (Å²) in [5.74, 6) is -3.32. The molecule has 10 heteroatoms. The van der Waals surface area contributed by atoms with E-state index in [4.69, 9.17) is 4.74 Å². The molecule has 1 N–H and O–H groups in total. The Morgan fingerprint density at radius 1 is 0.854 bits per heavy atom. The lowest BCUT2D eigenvalue weighted by atomic mass is 9.97. The van der Waals surface area contributed by atoms with Gasteiger partial charge in [-0.15, -0.1) is 0 Å². The monoisotopic (exact) mass is 643 g/mol. The fourth-order valence-electron chi connectivity index (χ4n) is 6.01. The highest BCUT2D eigenvalue weighted by Crippen LogP contribution is 2.42. The third-order valence-corrected chi connectivity index (χ3v) is 8.03. The van der Waals surface area contributed by atoms with Gasteiger partial charge < -0.3 is 9.64 Å². The molecule has 0 saturated heterocycles. The highest BCUT2D eigenvalue weighted by Gasteiger charge is 2.44. The van der Waals surface area contributed by atoms with Gasteiger partial charge in [0.1, 0.15) is 12.1 Å². The minimum atomic E-state index is -1.40. The number of amides is 3. The van der Waals surface area contributed by atoms with Crippen molar-refractivity contribution in [1.29, 1.82) is 0 Å². The smallest absolute Gasteiger partial charge is 0.338 e. The third kappa shape index (κ3) is 6.16. The molecule has 5 aromatic rings. The quantitative estimate of drug-likeness (QED) is 0.155. The van der Waals surface area contributed by atoms with Crippen LogP contribution < -0.4 is 14.7 Å². The largest absolute Gasteiger partial charge is 0.456 e. The number of H-pyrrole nitrogens is 1. The van der Waals surface area contributed by atoms with Crippen molar-refractivity contribution in [2.24, 2.45) is 0 Å². The topological polar surface area (TPSA) is 116 Å². The van der Waals surface area contributed by atoms with Gasteiger partial charge >= 0.3 is 5.97 Å². The number of aromatic amines is 1. The maximum absolute atomic E-state index is 14.8. The number of anilines is 4. The van der Waals surface area contributed by atoms with E-state index in [0.29, 0.717) is 33.7 Å². The van der Waals surface area contributed by atoms with Crippen LogP contribution in [0, 0.1) is 0 Å². The van der Waals surface area contributed by atoms with E-state index in [1.54, 1.807) is 80.3 Å². The molecule has 244 valence electrons. The molecule has 0 fully saturated rings. The first-order chi connectivity index (χ1) is 22.9. The summed E-state index contributed by atoms with van der Waals surface area (Å²) in [6.07, 6.45) is 0. The lowest BCUT2D eigenvalue weighted by Gasteiger charge is -2.31. The SMILES string of the molecule is CC(C)N(C(=O)CN1C(=O)C(c2[nH]nc3cc(C(=O)OC(C)(C)C)ccc23)C(=O)N(c2ccccc2)c2ccccc21)c1ccccc1. The second kappa shape index (κ2) is 12.8. The Morgan fingerprint density at radius 2 is 1.48 bits per heavy atom. The van der Waals surface area contributed by atoms with Gasteiger partial charge in [0.05, 0.1) is 28.1 Å². The molecule has 48 heavy (non-hydrogen) atoms. The number of fused-ring (bicyclic) bond motifs is 2. The average Bonchev–Trinajstić information content (AvgIpc) is 3.44. The zero-order valence-corrected chi connectivity index (χ0v) is 27.5. The van der Waals surface area contributed by atoms with Gasteiger partial charge in [0, 0.05) is 22.8 Å². The maximum Gasteiger partial charge on any atom is 0.338 e. The van der Waals surface area contributed by atoms with Gasteiger partial charge in [0.2, 0.25) is 17.7 Å². The molecule has 3 amide bonds. The summed E-state index contributed by atoms with van der Waals surface area (Å²) in [5.41, 5.74) is 2.38. The highest BCUT2D eigenvalue weighted by atomic mass is 16.6. The fraction of sp³-hybridized carbons (Fsp3) is 0.237. The molecule has 0 spiro atoms. The second-order valence-corrected chi connectivity index (χ2v) is 12.9. The van der Waals surface area contributed by atoms with E-state index >= 15 is 0 Å². The summed E-state index contributed by atoms with van der Waals surface area (Å²) in [4.78, 5) is 61.1. The summed E-state index contributed by atoms with van der Waals surface area (Å²) in [6, 6.07) is 30.1. The molecule has 4 aromatic carbocycles. The lowest BCUT2D eigenvalue weighted by Crippen LogP contribution is -2.47. The molecule has 2 heterocycles. The Hall–Kier alpha value is -5.77. The van der Waals surface area contributed by atoms with E-state index in [9.17, 15) is 19.2 Å². The molecule has 10 nitrogen and oxygen atoms in total. The molecular formula is C38H37N5O5. The van der Waals surface area contributed by atoms with E-state index < -0.39 is 29.3 Å². The first-order valence-electron chi connectivity index (χ1n) is 15.8. The lowest BCUT2D eigenvalue weighted by molar-refractivity contribution is -0.129. The fourth-order valence-corrected chi connectivity index (χ4v) is 6.01. The van der Waals surface area contributed by atoms with E-state index in [2.05, 4.69) is 10.2 Å². The van der Waals surface area contributed by atoms with E-state index in [-0.39, 0.29) is 29.8 Å². The van der Waals surface area contributed by atoms with Crippen molar-refractivity contribution in [3.05, 3.63) is 114 Å². The van der Waals surface area contributed by atoms with Gasteiger partial charge in [-0.05, 0) is 83.1 Å². The Balaban J connectivity index is 1.48. The molecule has 1 aliphatic heterocycles. The molecule has 0 bridgehead atoms. The maximum atomic E-state index is 14.8. The number of carbonyl (C=O) groups excluding carboxylic acids is 4. The molecular weight excluding hydrogens is 606 g/mol. The minimum Gasteiger partial charge on any atom is -0.456 e. The number of carbonyl (C=O) groups is 4.